The number of anilines is 1. The van der Waals surface area contributed by atoms with E-state index in [2.05, 4.69) is 5.32 Å². The molecule has 0 saturated heterocycles. The minimum Gasteiger partial charge on any atom is -0.481 e. The zero-order valence-corrected chi connectivity index (χ0v) is 12.3. The number of nitrogens with one attached hydrogen (secondary N) is 1. The lowest BCUT2D eigenvalue weighted by atomic mass is 10.1. The number of nitrogens with zero attached hydrogens (tertiary/aromatic N) is 1. The van der Waals surface area contributed by atoms with Crippen molar-refractivity contribution in [2.24, 2.45) is 0 Å². The highest BCUT2D eigenvalue weighted by Gasteiger charge is 2.08. The van der Waals surface area contributed by atoms with E-state index in [0.29, 0.717) is 13.0 Å². The molecule has 1 aromatic carbocycles. The van der Waals surface area contributed by atoms with E-state index in [1.54, 1.807) is 0 Å². The van der Waals surface area contributed by atoms with Gasteiger partial charge in [-0.05, 0) is 45.5 Å². The van der Waals surface area contributed by atoms with E-state index in [0.717, 1.165) is 16.8 Å². The molecule has 0 spiro atoms. The number of aryl methyl sites for hydroxylation is 2. The fraction of sp³-hybridized carbons (Fsp3) is 0.467. The zero-order chi connectivity index (χ0) is 15.1. The Kier molecular flexibility index (Phi) is 6.18. The van der Waals surface area contributed by atoms with Crippen LogP contribution in [0.3, 0.4) is 0 Å². The monoisotopic (exact) mass is 278 g/mol. The van der Waals surface area contributed by atoms with Crippen LogP contribution in [-0.2, 0) is 9.59 Å². The van der Waals surface area contributed by atoms with Crippen molar-refractivity contribution >= 4 is 17.6 Å². The second kappa shape index (κ2) is 7.65. The van der Waals surface area contributed by atoms with Gasteiger partial charge in [-0.3, -0.25) is 14.5 Å². The van der Waals surface area contributed by atoms with Crippen LogP contribution in [0.1, 0.15) is 24.0 Å². The van der Waals surface area contributed by atoms with Crippen molar-refractivity contribution in [2.75, 3.05) is 25.5 Å². The third-order valence-corrected chi connectivity index (χ3v) is 3.00. The number of hydrogen-bond acceptors (Lipinski definition) is 3. The van der Waals surface area contributed by atoms with Crippen LogP contribution in [0, 0.1) is 13.8 Å². The summed E-state index contributed by atoms with van der Waals surface area (Å²) < 4.78 is 0. The quantitative estimate of drug-likeness (QED) is 0.800. The van der Waals surface area contributed by atoms with Crippen molar-refractivity contribution in [3.8, 4) is 0 Å². The van der Waals surface area contributed by atoms with Crippen molar-refractivity contribution in [3.05, 3.63) is 29.3 Å². The maximum atomic E-state index is 11.9. The molecular formula is C15H22N2O3. The van der Waals surface area contributed by atoms with Gasteiger partial charge in [-0.1, -0.05) is 17.7 Å². The first kappa shape index (κ1) is 16.2. The second-order valence-electron chi connectivity index (χ2n) is 5.10. The maximum absolute atomic E-state index is 11.9. The number of hydrogen-bond donors (Lipinski definition) is 2. The first-order valence-electron chi connectivity index (χ1n) is 6.66. The molecule has 0 aliphatic rings. The molecule has 110 valence electrons. The van der Waals surface area contributed by atoms with Gasteiger partial charge in [-0.15, -0.1) is 0 Å². The van der Waals surface area contributed by atoms with E-state index in [9.17, 15) is 9.59 Å². The number of rotatable bonds is 7. The smallest absolute Gasteiger partial charge is 0.303 e. The van der Waals surface area contributed by atoms with Gasteiger partial charge in [0.15, 0.2) is 0 Å². The molecule has 2 N–H and O–H groups in total. The van der Waals surface area contributed by atoms with Crippen LogP contribution < -0.4 is 5.32 Å². The van der Waals surface area contributed by atoms with Gasteiger partial charge in [-0.25, -0.2) is 0 Å². The second-order valence-corrected chi connectivity index (χ2v) is 5.10. The topological polar surface area (TPSA) is 69.6 Å². The Morgan fingerprint density at radius 2 is 2.00 bits per heavy atom. The first-order chi connectivity index (χ1) is 9.38. The van der Waals surface area contributed by atoms with Crippen molar-refractivity contribution < 1.29 is 14.7 Å². The zero-order valence-electron chi connectivity index (χ0n) is 12.3. The van der Waals surface area contributed by atoms with Gasteiger partial charge in [0, 0.05) is 12.1 Å². The van der Waals surface area contributed by atoms with E-state index >= 15 is 0 Å². The van der Waals surface area contributed by atoms with E-state index in [4.69, 9.17) is 5.11 Å². The van der Waals surface area contributed by atoms with Crippen molar-refractivity contribution in [1.29, 1.82) is 0 Å². The van der Waals surface area contributed by atoms with Crippen molar-refractivity contribution in [2.45, 2.75) is 26.7 Å². The molecule has 0 unspecified atom stereocenters. The van der Waals surface area contributed by atoms with Gasteiger partial charge in [0.05, 0.1) is 6.54 Å². The summed E-state index contributed by atoms with van der Waals surface area (Å²) in [6.07, 6.45) is 0.672. The molecule has 5 nitrogen and oxygen atoms in total. The first-order valence-corrected chi connectivity index (χ1v) is 6.66. The molecule has 1 amide bonds. The van der Waals surface area contributed by atoms with Gasteiger partial charge in [0.2, 0.25) is 5.91 Å². The van der Waals surface area contributed by atoms with E-state index in [1.807, 2.05) is 44.0 Å². The summed E-state index contributed by atoms with van der Waals surface area (Å²) in [5.41, 5.74) is 3.01. The summed E-state index contributed by atoms with van der Waals surface area (Å²) in [5.74, 6) is -0.895. The highest BCUT2D eigenvalue weighted by molar-refractivity contribution is 5.92. The third kappa shape index (κ3) is 5.84. The summed E-state index contributed by atoms with van der Waals surface area (Å²) in [6, 6.07) is 5.87. The summed E-state index contributed by atoms with van der Waals surface area (Å²) in [6.45, 7) is 4.81. The molecule has 20 heavy (non-hydrogen) atoms. The lowest BCUT2D eigenvalue weighted by Crippen LogP contribution is -2.31. The Bertz CT molecular complexity index is 486. The Morgan fingerprint density at radius 1 is 1.30 bits per heavy atom. The third-order valence-electron chi connectivity index (χ3n) is 3.00. The fourth-order valence-corrected chi connectivity index (χ4v) is 1.97. The van der Waals surface area contributed by atoms with Crippen molar-refractivity contribution in [1.82, 2.24) is 4.90 Å². The molecule has 0 saturated carbocycles. The van der Waals surface area contributed by atoms with Crippen molar-refractivity contribution in [3.63, 3.8) is 0 Å². The van der Waals surface area contributed by atoms with Crippen LogP contribution in [0.25, 0.3) is 0 Å². The lowest BCUT2D eigenvalue weighted by Gasteiger charge is -2.16. The summed E-state index contributed by atoms with van der Waals surface area (Å²) in [5, 5.41) is 11.4. The molecule has 5 heteroatoms. The lowest BCUT2D eigenvalue weighted by molar-refractivity contribution is -0.137. The molecule has 0 aliphatic heterocycles. The number of benzene rings is 1. The summed E-state index contributed by atoms with van der Waals surface area (Å²) >= 11 is 0. The van der Waals surface area contributed by atoms with Crippen LogP contribution in [0.2, 0.25) is 0 Å². The minimum absolute atomic E-state index is 0.0882. The Hall–Kier alpha value is -1.88. The number of amides is 1. The molecule has 1 aromatic rings. The van der Waals surface area contributed by atoms with Crippen LogP contribution in [0.15, 0.2) is 18.2 Å². The number of carbonyl (C=O) groups excluding carboxylic acids is 1. The molecule has 0 fully saturated rings. The highest BCUT2D eigenvalue weighted by atomic mass is 16.4. The van der Waals surface area contributed by atoms with E-state index in [1.165, 1.54) is 0 Å². The number of carbonyl (C=O) groups is 2. The molecule has 0 bridgehead atoms. The van der Waals surface area contributed by atoms with Gasteiger partial charge >= 0.3 is 5.97 Å². The Labute approximate surface area is 119 Å². The van der Waals surface area contributed by atoms with Gasteiger partial charge in [-0.2, -0.15) is 0 Å². The summed E-state index contributed by atoms with van der Waals surface area (Å²) in [4.78, 5) is 24.1. The molecule has 0 aliphatic carbocycles. The van der Waals surface area contributed by atoms with Crippen LogP contribution >= 0.6 is 0 Å². The van der Waals surface area contributed by atoms with Crippen LogP contribution in [0.4, 0.5) is 5.69 Å². The predicted octanol–water partition coefficient (Wildman–Crippen LogP) is 2.04. The van der Waals surface area contributed by atoms with Gasteiger partial charge in [0.25, 0.3) is 0 Å². The SMILES string of the molecule is Cc1ccc(NC(=O)CN(C)CCCC(=O)O)c(C)c1. The van der Waals surface area contributed by atoms with E-state index < -0.39 is 5.97 Å². The number of carboxylic acids is 1. The molecule has 0 aromatic heterocycles. The molecule has 1 rings (SSSR count). The molecular weight excluding hydrogens is 256 g/mol. The van der Waals surface area contributed by atoms with Gasteiger partial charge in [0.1, 0.15) is 0 Å². The largest absolute Gasteiger partial charge is 0.481 e. The number of aliphatic carboxylic acids is 1. The molecule has 0 atom stereocenters. The van der Waals surface area contributed by atoms with Crippen LogP contribution in [0.5, 0.6) is 0 Å². The average molecular weight is 278 g/mol. The fourth-order valence-electron chi connectivity index (χ4n) is 1.97. The summed E-state index contributed by atoms with van der Waals surface area (Å²) in [7, 11) is 1.81. The van der Waals surface area contributed by atoms with Crippen LogP contribution in [-0.4, -0.2) is 42.0 Å². The van der Waals surface area contributed by atoms with E-state index in [-0.39, 0.29) is 18.9 Å². The predicted molar refractivity (Wildman–Crippen MR) is 78.9 cm³/mol. The minimum atomic E-state index is -0.807. The number of carboxylic acid groups (broad SMARTS) is 1. The standard InChI is InChI=1S/C15H22N2O3/c1-11-6-7-13(12(2)9-11)16-14(18)10-17(3)8-4-5-15(19)20/h6-7,9H,4-5,8,10H2,1-3H3,(H,16,18)(H,19,20). The Balaban J connectivity index is 2.41. The Morgan fingerprint density at radius 3 is 2.60 bits per heavy atom. The average Bonchev–Trinajstić information content (AvgIpc) is 2.32. The number of likely N-dealkylation sites (N-methyl/N-ethyl adjacent to an activating group) is 1. The molecule has 0 heterocycles. The molecule has 0 radical (unpaired) electrons. The maximum Gasteiger partial charge on any atom is 0.303 e. The highest BCUT2D eigenvalue weighted by Crippen LogP contribution is 2.15. The van der Waals surface area contributed by atoms with Gasteiger partial charge < -0.3 is 10.4 Å². The normalized spacial score (nSPS) is 10.6.